The van der Waals surface area contributed by atoms with E-state index in [0.717, 1.165) is 38.0 Å². The van der Waals surface area contributed by atoms with Crippen molar-refractivity contribution in [2.24, 2.45) is 0 Å². The largest absolute Gasteiger partial charge is 0.366 e. The molecular formula is C15H21N3. The number of hydrogen-bond donors (Lipinski definition) is 1. The second-order valence-electron chi connectivity index (χ2n) is 5.48. The van der Waals surface area contributed by atoms with Crippen LogP contribution in [0, 0.1) is 11.3 Å². The fourth-order valence-corrected chi connectivity index (χ4v) is 2.54. The van der Waals surface area contributed by atoms with Crippen molar-refractivity contribution in [3.8, 4) is 6.07 Å². The van der Waals surface area contributed by atoms with Crippen molar-refractivity contribution in [3.63, 3.8) is 0 Å². The summed E-state index contributed by atoms with van der Waals surface area (Å²) in [4.78, 5) is 2.44. The van der Waals surface area contributed by atoms with Gasteiger partial charge in [-0.05, 0) is 58.0 Å². The molecule has 1 aromatic rings. The van der Waals surface area contributed by atoms with Gasteiger partial charge in [0.2, 0.25) is 0 Å². The Morgan fingerprint density at radius 3 is 2.94 bits per heavy atom. The first kappa shape index (κ1) is 12.9. The van der Waals surface area contributed by atoms with Crippen LogP contribution >= 0.6 is 0 Å². The highest BCUT2D eigenvalue weighted by Crippen LogP contribution is 2.28. The molecule has 2 rings (SSSR count). The van der Waals surface area contributed by atoms with E-state index in [9.17, 15) is 0 Å². The molecule has 18 heavy (non-hydrogen) atoms. The third kappa shape index (κ3) is 2.83. The zero-order valence-electron chi connectivity index (χ0n) is 11.2. The van der Waals surface area contributed by atoms with Crippen molar-refractivity contribution in [1.29, 1.82) is 5.26 Å². The number of nitrogens with zero attached hydrogens (tertiary/aromatic N) is 2. The van der Waals surface area contributed by atoms with Crippen molar-refractivity contribution in [2.75, 3.05) is 24.5 Å². The molecule has 1 aliphatic rings. The van der Waals surface area contributed by atoms with E-state index in [4.69, 9.17) is 5.26 Å². The van der Waals surface area contributed by atoms with Crippen LogP contribution in [0.4, 0.5) is 5.69 Å². The van der Waals surface area contributed by atoms with Crippen molar-refractivity contribution < 1.29 is 0 Å². The Morgan fingerprint density at radius 2 is 2.17 bits per heavy atom. The van der Waals surface area contributed by atoms with Gasteiger partial charge in [0.15, 0.2) is 0 Å². The van der Waals surface area contributed by atoms with E-state index >= 15 is 0 Å². The van der Waals surface area contributed by atoms with E-state index in [2.05, 4.69) is 36.2 Å². The van der Waals surface area contributed by atoms with Gasteiger partial charge in [-0.3, -0.25) is 0 Å². The topological polar surface area (TPSA) is 39.1 Å². The third-order valence-corrected chi connectivity index (χ3v) is 3.67. The Morgan fingerprint density at radius 1 is 1.33 bits per heavy atom. The maximum atomic E-state index is 9.01. The van der Waals surface area contributed by atoms with Gasteiger partial charge in [0, 0.05) is 17.8 Å². The molecule has 0 aliphatic carbocycles. The second-order valence-corrected chi connectivity index (χ2v) is 5.48. The first-order chi connectivity index (χ1) is 8.63. The van der Waals surface area contributed by atoms with Gasteiger partial charge in [-0.15, -0.1) is 0 Å². The minimum atomic E-state index is 0.126. The maximum absolute atomic E-state index is 9.01. The van der Waals surface area contributed by atoms with E-state index in [1.165, 1.54) is 5.69 Å². The van der Waals surface area contributed by atoms with Crippen molar-refractivity contribution in [1.82, 2.24) is 5.32 Å². The van der Waals surface area contributed by atoms with Gasteiger partial charge in [0.05, 0.1) is 11.6 Å². The summed E-state index contributed by atoms with van der Waals surface area (Å²) in [6.07, 6.45) is 2.25. The molecule has 1 saturated heterocycles. The maximum Gasteiger partial charge on any atom is 0.0992 e. The smallest absolute Gasteiger partial charge is 0.0992 e. The summed E-state index contributed by atoms with van der Waals surface area (Å²) in [7, 11) is 0. The van der Waals surface area contributed by atoms with Gasteiger partial charge in [-0.2, -0.15) is 5.26 Å². The minimum absolute atomic E-state index is 0.126. The highest BCUT2D eigenvalue weighted by Gasteiger charge is 2.27. The first-order valence-corrected chi connectivity index (χ1v) is 6.62. The number of nitriles is 1. The summed E-state index contributed by atoms with van der Waals surface area (Å²) in [6.45, 7) is 7.72. The Labute approximate surface area is 109 Å². The summed E-state index contributed by atoms with van der Waals surface area (Å²) >= 11 is 0. The number of rotatable bonds is 1. The lowest BCUT2D eigenvalue weighted by molar-refractivity contribution is 0.387. The molecule has 1 aromatic carbocycles. The van der Waals surface area contributed by atoms with Gasteiger partial charge < -0.3 is 10.2 Å². The van der Waals surface area contributed by atoms with Gasteiger partial charge in [-0.1, -0.05) is 6.07 Å². The lowest BCUT2D eigenvalue weighted by atomic mass is 9.95. The highest BCUT2D eigenvalue weighted by atomic mass is 15.2. The Balaban J connectivity index is 2.29. The molecule has 3 nitrogen and oxygen atoms in total. The van der Waals surface area contributed by atoms with Gasteiger partial charge in [0.25, 0.3) is 0 Å². The number of nitrogens with one attached hydrogen (secondary N) is 1. The van der Waals surface area contributed by atoms with E-state index < -0.39 is 0 Å². The van der Waals surface area contributed by atoms with Crippen molar-refractivity contribution >= 4 is 5.69 Å². The predicted molar refractivity (Wildman–Crippen MR) is 74.7 cm³/mol. The monoisotopic (exact) mass is 243 g/mol. The number of hydrogen-bond acceptors (Lipinski definition) is 3. The standard InChI is InChI=1S/C15H21N3/c1-15(2)7-9-17-8-4-10-18(15)14-6-3-5-13(11-14)12-16/h3,5-6,11,17H,4,7-10H2,1-2H3. The Kier molecular flexibility index (Phi) is 3.88. The van der Waals surface area contributed by atoms with Crippen LogP contribution in [0.3, 0.4) is 0 Å². The van der Waals surface area contributed by atoms with Crippen molar-refractivity contribution in [3.05, 3.63) is 29.8 Å². The van der Waals surface area contributed by atoms with Gasteiger partial charge in [0.1, 0.15) is 0 Å². The molecule has 0 radical (unpaired) electrons. The lowest BCUT2D eigenvalue weighted by Crippen LogP contribution is -2.49. The summed E-state index contributed by atoms with van der Waals surface area (Å²) in [5, 5.41) is 12.5. The molecule has 0 atom stereocenters. The number of anilines is 1. The van der Waals surface area contributed by atoms with E-state index in [1.807, 2.05) is 18.2 Å². The summed E-state index contributed by atoms with van der Waals surface area (Å²) in [5.41, 5.74) is 2.03. The molecule has 3 heteroatoms. The molecule has 1 heterocycles. The number of benzene rings is 1. The van der Waals surface area contributed by atoms with Crippen LogP contribution in [0.25, 0.3) is 0 Å². The molecule has 0 aromatic heterocycles. The molecule has 96 valence electrons. The van der Waals surface area contributed by atoms with Crippen LogP contribution in [-0.2, 0) is 0 Å². The quantitative estimate of drug-likeness (QED) is 0.824. The minimum Gasteiger partial charge on any atom is -0.366 e. The van der Waals surface area contributed by atoms with Crippen LogP contribution in [-0.4, -0.2) is 25.2 Å². The van der Waals surface area contributed by atoms with E-state index in [-0.39, 0.29) is 5.54 Å². The van der Waals surface area contributed by atoms with Crippen LogP contribution in [0.1, 0.15) is 32.3 Å². The Hall–Kier alpha value is -1.53. The molecule has 1 aliphatic heterocycles. The zero-order valence-corrected chi connectivity index (χ0v) is 11.2. The van der Waals surface area contributed by atoms with E-state index in [1.54, 1.807) is 0 Å². The summed E-state index contributed by atoms with van der Waals surface area (Å²) < 4.78 is 0. The molecule has 1 N–H and O–H groups in total. The van der Waals surface area contributed by atoms with Crippen molar-refractivity contribution in [2.45, 2.75) is 32.2 Å². The normalized spacial score (nSPS) is 19.7. The van der Waals surface area contributed by atoms with Crippen LogP contribution in [0.15, 0.2) is 24.3 Å². The zero-order chi connectivity index (χ0) is 13.0. The Bertz CT molecular complexity index is 445. The van der Waals surface area contributed by atoms with Crippen LogP contribution in [0.5, 0.6) is 0 Å². The summed E-state index contributed by atoms with van der Waals surface area (Å²) in [6, 6.07) is 10.2. The third-order valence-electron chi connectivity index (χ3n) is 3.67. The average molecular weight is 243 g/mol. The molecule has 0 bridgehead atoms. The van der Waals surface area contributed by atoms with Crippen LogP contribution in [0.2, 0.25) is 0 Å². The second kappa shape index (κ2) is 5.41. The van der Waals surface area contributed by atoms with Gasteiger partial charge >= 0.3 is 0 Å². The highest BCUT2D eigenvalue weighted by molar-refractivity contribution is 5.53. The molecule has 0 amide bonds. The summed E-state index contributed by atoms with van der Waals surface area (Å²) in [5.74, 6) is 0. The molecule has 0 spiro atoms. The predicted octanol–water partition coefficient (Wildman–Crippen LogP) is 2.53. The molecule has 0 unspecified atom stereocenters. The molecule has 1 fully saturated rings. The van der Waals surface area contributed by atoms with E-state index in [0.29, 0.717) is 0 Å². The fraction of sp³-hybridized carbons (Fsp3) is 0.533. The lowest BCUT2D eigenvalue weighted by Gasteiger charge is -2.42. The average Bonchev–Trinajstić information content (AvgIpc) is 2.35. The first-order valence-electron chi connectivity index (χ1n) is 6.62. The molecule has 0 saturated carbocycles. The SMILES string of the molecule is CC1(C)CCNCCCN1c1cccc(C#N)c1. The van der Waals surface area contributed by atoms with Crippen LogP contribution < -0.4 is 10.2 Å². The molecular weight excluding hydrogens is 222 g/mol. The van der Waals surface area contributed by atoms with Gasteiger partial charge in [-0.25, -0.2) is 0 Å². The fourth-order valence-electron chi connectivity index (χ4n) is 2.54.